The van der Waals surface area contributed by atoms with E-state index in [2.05, 4.69) is 10.5 Å². The molecule has 0 radical (unpaired) electrons. The van der Waals surface area contributed by atoms with Gasteiger partial charge in [0.25, 0.3) is 5.91 Å². The lowest BCUT2D eigenvalue weighted by molar-refractivity contribution is -0.123. The zero-order valence-corrected chi connectivity index (χ0v) is 17.0. The van der Waals surface area contributed by atoms with Crippen molar-refractivity contribution >= 4 is 12.1 Å². The molecule has 0 saturated heterocycles. The average Bonchev–Trinajstić information content (AvgIpc) is 2.77. The molecule has 0 bridgehead atoms. The molecule has 0 unspecified atom stereocenters. The van der Waals surface area contributed by atoms with Crippen LogP contribution in [0.1, 0.15) is 16.7 Å². The molecule has 6 nitrogen and oxygen atoms in total. The Balaban J connectivity index is 1.53. The minimum Gasteiger partial charge on any atom is -0.497 e. The zero-order chi connectivity index (χ0) is 21.2. The maximum absolute atomic E-state index is 12.0. The minimum atomic E-state index is -0.345. The van der Waals surface area contributed by atoms with Crippen LogP contribution in [0.5, 0.6) is 17.2 Å². The molecule has 0 aromatic heterocycles. The Kier molecular flexibility index (Phi) is 7.44. The number of para-hydroxylation sites is 1. The molecule has 0 aliphatic carbocycles. The Bertz CT molecular complexity index is 1020. The number of hydrazone groups is 1. The molecule has 3 aromatic rings. The molecule has 1 N–H and O–H groups in total. The summed E-state index contributed by atoms with van der Waals surface area (Å²) in [5.41, 5.74) is 5.27. The second-order valence-corrected chi connectivity index (χ2v) is 6.58. The van der Waals surface area contributed by atoms with Crippen molar-refractivity contribution in [2.24, 2.45) is 5.10 Å². The lowest BCUT2D eigenvalue weighted by Crippen LogP contribution is -2.24. The Morgan fingerprint density at radius 3 is 2.60 bits per heavy atom. The van der Waals surface area contributed by atoms with E-state index in [0.717, 1.165) is 22.4 Å². The third-order valence-electron chi connectivity index (χ3n) is 4.20. The standard InChI is InChI=1S/C24H24N2O4/c1-18-7-5-11-22(13-18)29-17-24(27)26-25-15-20-9-3-4-12-23(20)30-16-19-8-6-10-21(14-19)28-2/h3-15H,16-17H2,1-2H3,(H,26,27). The second-order valence-electron chi connectivity index (χ2n) is 6.58. The number of hydrogen-bond donors (Lipinski definition) is 1. The fraction of sp³-hybridized carbons (Fsp3) is 0.167. The van der Waals surface area contributed by atoms with Crippen molar-refractivity contribution in [2.45, 2.75) is 13.5 Å². The largest absolute Gasteiger partial charge is 0.497 e. The van der Waals surface area contributed by atoms with E-state index in [4.69, 9.17) is 14.2 Å². The predicted molar refractivity (Wildman–Crippen MR) is 116 cm³/mol. The molecule has 0 spiro atoms. The molecule has 3 aromatic carbocycles. The number of nitrogens with zero attached hydrogens (tertiary/aromatic N) is 1. The fourth-order valence-corrected chi connectivity index (χ4v) is 2.70. The van der Waals surface area contributed by atoms with E-state index in [1.807, 2.05) is 73.7 Å². The lowest BCUT2D eigenvalue weighted by atomic mass is 10.2. The van der Waals surface area contributed by atoms with Crippen molar-refractivity contribution in [2.75, 3.05) is 13.7 Å². The summed E-state index contributed by atoms with van der Waals surface area (Å²) in [7, 11) is 1.63. The van der Waals surface area contributed by atoms with Gasteiger partial charge in [-0.3, -0.25) is 4.79 Å². The van der Waals surface area contributed by atoms with Crippen molar-refractivity contribution in [3.63, 3.8) is 0 Å². The molecule has 154 valence electrons. The number of aryl methyl sites for hydroxylation is 1. The maximum Gasteiger partial charge on any atom is 0.277 e. The Hall–Kier alpha value is -3.80. The van der Waals surface area contributed by atoms with Crippen LogP contribution in [0.2, 0.25) is 0 Å². The number of methoxy groups -OCH3 is 1. The number of rotatable bonds is 9. The first-order valence-corrected chi connectivity index (χ1v) is 9.50. The highest BCUT2D eigenvalue weighted by molar-refractivity contribution is 5.85. The van der Waals surface area contributed by atoms with Crippen LogP contribution >= 0.6 is 0 Å². The monoisotopic (exact) mass is 404 g/mol. The van der Waals surface area contributed by atoms with E-state index in [1.165, 1.54) is 0 Å². The molecule has 0 heterocycles. The van der Waals surface area contributed by atoms with Gasteiger partial charge in [-0.05, 0) is 54.4 Å². The van der Waals surface area contributed by atoms with Gasteiger partial charge in [0.15, 0.2) is 6.61 Å². The topological polar surface area (TPSA) is 69.2 Å². The van der Waals surface area contributed by atoms with Crippen LogP contribution in [0.4, 0.5) is 0 Å². The van der Waals surface area contributed by atoms with Crippen LogP contribution in [-0.4, -0.2) is 25.8 Å². The summed E-state index contributed by atoms with van der Waals surface area (Å²) >= 11 is 0. The number of carbonyl (C=O) groups excluding carboxylic acids is 1. The maximum atomic E-state index is 12.0. The van der Waals surface area contributed by atoms with Gasteiger partial charge in [0, 0.05) is 5.56 Å². The Labute approximate surface area is 176 Å². The third-order valence-corrected chi connectivity index (χ3v) is 4.20. The van der Waals surface area contributed by atoms with Gasteiger partial charge in [0.05, 0.1) is 13.3 Å². The van der Waals surface area contributed by atoms with Crippen LogP contribution in [0.25, 0.3) is 0 Å². The van der Waals surface area contributed by atoms with Gasteiger partial charge in [-0.2, -0.15) is 5.10 Å². The van der Waals surface area contributed by atoms with E-state index < -0.39 is 0 Å². The SMILES string of the molecule is COc1cccc(COc2ccccc2C=NNC(=O)COc2cccc(C)c2)c1. The molecule has 6 heteroatoms. The summed E-state index contributed by atoms with van der Waals surface area (Å²) in [5, 5.41) is 4.01. The lowest BCUT2D eigenvalue weighted by Gasteiger charge is -2.10. The summed E-state index contributed by atoms with van der Waals surface area (Å²) in [6, 6.07) is 22.7. The number of benzene rings is 3. The first kappa shape index (κ1) is 20.9. The quantitative estimate of drug-likeness (QED) is 0.430. The minimum absolute atomic E-state index is 0.116. The summed E-state index contributed by atoms with van der Waals surface area (Å²) < 4.78 is 16.6. The number of amides is 1. The van der Waals surface area contributed by atoms with Gasteiger partial charge >= 0.3 is 0 Å². The summed E-state index contributed by atoms with van der Waals surface area (Å²) in [6.45, 7) is 2.23. The number of ether oxygens (including phenoxy) is 3. The van der Waals surface area contributed by atoms with E-state index in [9.17, 15) is 4.79 Å². The van der Waals surface area contributed by atoms with Gasteiger partial charge in [-0.25, -0.2) is 5.43 Å². The van der Waals surface area contributed by atoms with Crippen molar-refractivity contribution in [3.05, 3.63) is 89.5 Å². The van der Waals surface area contributed by atoms with E-state index in [-0.39, 0.29) is 12.5 Å². The molecular formula is C24H24N2O4. The first-order chi connectivity index (χ1) is 14.6. The first-order valence-electron chi connectivity index (χ1n) is 9.50. The van der Waals surface area contributed by atoms with Gasteiger partial charge in [0.1, 0.15) is 23.9 Å². The average molecular weight is 404 g/mol. The molecule has 30 heavy (non-hydrogen) atoms. The predicted octanol–water partition coefficient (Wildman–Crippen LogP) is 4.11. The van der Waals surface area contributed by atoms with Gasteiger partial charge in [-0.1, -0.05) is 36.4 Å². The molecule has 0 saturated carbocycles. The van der Waals surface area contributed by atoms with Crippen molar-refractivity contribution in [1.82, 2.24) is 5.43 Å². The smallest absolute Gasteiger partial charge is 0.277 e. The molecule has 3 rings (SSSR count). The number of carbonyl (C=O) groups is 1. The van der Waals surface area contributed by atoms with E-state index in [1.54, 1.807) is 19.4 Å². The Morgan fingerprint density at radius 1 is 0.967 bits per heavy atom. The number of nitrogens with one attached hydrogen (secondary N) is 1. The highest BCUT2D eigenvalue weighted by atomic mass is 16.5. The molecule has 1 amide bonds. The molecule has 0 atom stereocenters. The zero-order valence-electron chi connectivity index (χ0n) is 17.0. The highest BCUT2D eigenvalue weighted by Gasteiger charge is 2.04. The van der Waals surface area contributed by atoms with Gasteiger partial charge in [0.2, 0.25) is 0 Å². The third kappa shape index (κ3) is 6.38. The number of hydrogen-bond acceptors (Lipinski definition) is 5. The van der Waals surface area contributed by atoms with Crippen molar-refractivity contribution in [1.29, 1.82) is 0 Å². The summed E-state index contributed by atoms with van der Waals surface area (Å²) in [4.78, 5) is 12.0. The molecular weight excluding hydrogens is 380 g/mol. The van der Waals surface area contributed by atoms with E-state index >= 15 is 0 Å². The van der Waals surface area contributed by atoms with Crippen LogP contribution in [-0.2, 0) is 11.4 Å². The van der Waals surface area contributed by atoms with Crippen LogP contribution in [0, 0.1) is 6.92 Å². The van der Waals surface area contributed by atoms with Crippen molar-refractivity contribution < 1.29 is 19.0 Å². The van der Waals surface area contributed by atoms with Gasteiger partial charge < -0.3 is 14.2 Å². The van der Waals surface area contributed by atoms with Gasteiger partial charge in [-0.15, -0.1) is 0 Å². The van der Waals surface area contributed by atoms with E-state index in [0.29, 0.717) is 18.1 Å². The fourth-order valence-electron chi connectivity index (χ4n) is 2.70. The Morgan fingerprint density at radius 2 is 1.77 bits per heavy atom. The van der Waals surface area contributed by atoms with Crippen LogP contribution in [0.3, 0.4) is 0 Å². The molecule has 0 fully saturated rings. The summed E-state index contributed by atoms with van der Waals surface area (Å²) in [5.74, 6) is 1.74. The normalized spacial score (nSPS) is 10.6. The second kappa shape index (κ2) is 10.7. The van der Waals surface area contributed by atoms with Crippen LogP contribution in [0.15, 0.2) is 77.9 Å². The van der Waals surface area contributed by atoms with Crippen LogP contribution < -0.4 is 19.6 Å². The summed E-state index contributed by atoms with van der Waals surface area (Å²) in [6.07, 6.45) is 1.55. The van der Waals surface area contributed by atoms with Crippen molar-refractivity contribution in [3.8, 4) is 17.2 Å². The highest BCUT2D eigenvalue weighted by Crippen LogP contribution is 2.19. The molecule has 0 aliphatic heterocycles. The molecule has 0 aliphatic rings.